The van der Waals surface area contributed by atoms with Crippen molar-refractivity contribution in [1.82, 2.24) is 0 Å². The molecule has 0 aliphatic heterocycles. The van der Waals surface area contributed by atoms with E-state index in [1.165, 1.54) is 83.5 Å². The predicted octanol–water partition coefficient (Wildman–Crippen LogP) is 21.2. The Morgan fingerprint density at radius 3 is 0.938 bits per heavy atom. The van der Waals surface area contributed by atoms with Crippen LogP contribution in [0, 0.1) is 0 Å². The largest absolute Gasteiger partial charge is 0.472 e. The fourth-order valence-electron chi connectivity index (χ4n) is 9.80. The molecule has 0 bridgehead atoms. The zero-order valence-corrected chi connectivity index (χ0v) is 62.1. The fraction of sp³-hybridized carbons (Fsp3) is 0.740. The summed E-state index contributed by atoms with van der Waals surface area (Å²) in [5.74, 6) is -2.26. The lowest BCUT2D eigenvalue weighted by Gasteiger charge is -2.21. The van der Waals surface area contributed by atoms with E-state index in [9.17, 15) is 43.2 Å². The van der Waals surface area contributed by atoms with Crippen LogP contribution in [0.25, 0.3) is 0 Å². The van der Waals surface area contributed by atoms with Gasteiger partial charge in [0.05, 0.1) is 26.4 Å². The van der Waals surface area contributed by atoms with E-state index in [0.717, 1.165) is 141 Å². The van der Waals surface area contributed by atoms with Crippen LogP contribution in [0.3, 0.4) is 0 Å². The van der Waals surface area contributed by atoms with E-state index < -0.39 is 97.5 Å². The molecule has 0 amide bonds. The third-order valence-electron chi connectivity index (χ3n) is 15.5. The normalized spacial score (nSPS) is 14.5. The van der Waals surface area contributed by atoms with Gasteiger partial charge in [-0.2, -0.15) is 0 Å². The van der Waals surface area contributed by atoms with Gasteiger partial charge in [0.25, 0.3) is 0 Å². The molecule has 0 aliphatic rings. The minimum atomic E-state index is -4.98. The standard InChI is InChI=1S/C77H134O17P2/c1-5-9-13-17-21-25-29-32-34-35-37-40-43-46-50-54-58-62-75(80)88-68-73(94-77(82)64-60-56-52-48-44-38-31-27-23-19-15-11-7-3)70-92-96(85,86)90-66-71(78)65-89-95(83,84)91-69-72(93-76(81)63-59-55-51-47-41-28-24-20-16-12-8-4)67-87-74(79)61-57-53-49-45-42-39-36-33-30-26-22-18-14-10-6-2/h9,13,20-22,24-26,32-34,36-37,40,46,50,71-73,78H,5-8,10-12,14-19,23,27-31,35,38-39,41-45,47-49,51-70H2,1-4H3,(H,83,84)(H,85,86)/b13-9-,24-20-,25-21-,26-22-,34-32-,36-33-,40-37-,50-46-. The van der Waals surface area contributed by atoms with Crippen molar-refractivity contribution in [3.63, 3.8) is 0 Å². The monoisotopic (exact) mass is 1390 g/mol. The number of aliphatic hydroxyl groups excluding tert-OH is 1. The van der Waals surface area contributed by atoms with E-state index in [0.29, 0.717) is 32.1 Å². The Hall–Kier alpha value is -4.02. The summed E-state index contributed by atoms with van der Waals surface area (Å²) in [5.41, 5.74) is 0. The number of carbonyl (C=O) groups is 4. The number of carbonyl (C=O) groups excluding carboxylic acids is 4. The van der Waals surface area contributed by atoms with E-state index in [-0.39, 0.29) is 25.7 Å². The zero-order valence-electron chi connectivity index (χ0n) is 60.3. The second-order valence-corrected chi connectivity index (χ2v) is 27.8. The highest BCUT2D eigenvalue weighted by atomic mass is 31.2. The van der Waals surface area contributed by atoms with Crippen molar-refractivity contribution in [3.8, 4) is 0 Å². The number of allylic oxidation sites excluding steroid dienone is 16. The molecule has 0 aromatic heterocycles. The van der Waals surface area contributed by atoms with Crippen molar-refractivity contribution in [2.75, 3.05) is 39.6 Å². The highest BCUT2D eigenvalue weighted by Crippen LogP contribution is 2.45. The summed E-state index contributed by atoms with van der Waals surface area (Å²) in [4.78, 5) is 72.7. The first kappa shape index (κ1) is 92.0. The van der Waals surface area contributed by atoms with E-state index in [1.54, 1.807) is 0 Å². The van der Waals surface area contributed by atoms with Crippen LogP contribution in [0.1, 0.15) is 310 Å². The van der Waals surface area contributed by atoms with Crippen molar-refractivity contribution in [1.29, 1.82) is 0 Å². The molecule has 5 unspecified atom stereocenters. The average molecular weight is 1390 g/mol. The first-order chi connectivity index (χ1) is 46.7. The average Bonchev–Trinajstić information content (AvgIpc) is 1.17. The number of aliphatic hydroxyl groups is 1. The molecule has 0 aromatic carbocycles. The Bertz CT molecular complexity index is 2200. The Kier molecular flexibility index (Phi) is 66.6. The molecule has 0 fully saturated rings. The van der Waals surface area contributed by atoms with Gasteiger partial charge in [0.1, 0.15) is 19.3 Å². The molecule has 0 saturated heterocycles. The van der Waals surface area contributed by atoms with Crippen molar-refractivity contribution in [2.24, 2.45) is 0 Å². The van der Waals surface area contributed by atoms with Gasteiger partial charge in [-0.05, 0) is 116 Å². The van der Waals surface area contributed by atoms with Gasteiger partial charge in [-0.1, -0.05) is 266 Å². The highest BCUT2D eigenvalue weighted by molar-refractivity contribution is 7.47. The van der Waals surface area contributed by atoms with E-state index >= 15 is 0 Å². The molecule has 0 aromatic rings. The SMILES string of the molecule is CC/C=C\C/C=C\C/C=C\C/C=C\C/C=C\CCCC(=O)OCC(COP(=O)(O)OCC(O)COP(=O)(O)OCC(COC(=O)CCCCCCC/C=C\C/C=C\CCCCC)OC(=O)CCCCCCC/C=C\CCCC)OC(=O)CCCCCCCCCCCCCCC. The molecule has 3 N–H and O–H groups in total. The van der Waals surface area contributed by atoms with Crippen LogP contribution in [-0.2, 0) is 65.4 Å². The van der Waals surface area contributed by atoms with Gasteiger partial charge in [-0.3, -0.25) is 37.3 Å². The Balaban J connectivity index is 5.36. The smallest absolute Gasteiger partial charge is 0.462 e. The molecule has 96 heavy (non-hydrogen) atoms. The lowest BCUT2D eigenvalue weighted by Crippen LogP contribution is -2.30. The molecular weight excluding hydrogens is 1260 g/mol. The maximum atomic E-state index is 13.1. The number of ether oxygens (including phenoxy) is 4. The maximum absolute atomic E-state index is 13.1. The molecular formula is C77H134O17P2. The highest BCUT2D eigenvalue weighted by Gasteiger charge is 2.30. The summed E-state index contributed by atoms with van der Waals surface area (Å²) in [6, 6.07) is 0. The van der Waals surface area contributed by atoms with Crippen LogP contribution in [0.5, 0.6) is 0 Å². The first-order valence-electron chi connectivity index (χ1n) is 37.5. The van der Waals surface area contributed by atoms with Crippen LogP contribution in [0.4, 0.5) is 0 Å². The number of hydrogen-bond acceptors (Lipinski definition) is 15. The van der Waals surface area contributed by atoms with E-state index in [2.05, 4.69) is 113 Å². The van der Waals surface area contributed by atoms with Crippen LogP contribution < -0.4 is 0 Å². The van der Waals surface area contributed by atoms with E-state index in [1.807, 2.05) is 12.2 Å². The topological polar surface area (TPSA) is 237 Å². The second kappa shape index (κ2) is 69.5. The Morgan fingerprint density at radius 1 is 0.302 bits per heavy atom. The van der Waals surface area contributed by atoms with Crippen molar-refractivity contribution in [2.45, 2.75) is 329 Å². The Morgan fingerprint density at radius 2 is 0.562 bits per heavy atom. The van der Waals surface area contributed by atoms with Gasteiger partial charge in [0, 0.05) is 25.7 Å². The second-order valence-electron chi connectivity index (χ2n) is 24.9. The molecule has 554 valence electrons. The molecule has 0 saturated carbocycles. The van der Waals surface area contributed by atoms with Gasteiger partial charge in [0.15, 0.2) is 12.2 Å². The van der Waals surface area contributed by atoms with E-state index in [4.69, 9.17) is 37.0 Å². The van der Waals surface area contributed by atoms with Gasteiger partial charge < -0.3 is 33.8 Å². The summed E-state index contributed by atoms with van der Waals surface area (Å²) in [7, 11) is -9.96. The summed E-state index contributed by atoms with van der Waals surface area (Å²) in [6.45, 7) is 4.62. The summed E-state index contributed by atoms with van der Waals surface area (Å²) in [5, 5.41) is 10.6. The van der Waals surface area contributed by atoms with Gasteiger partial charge in [0.2, 0.25) is 0 Å². The Labute approximate surface area is 582 Å². The fourth-order valence-corrected chi connectivity index (χ4v) is 11.4. The van der Waals surface area contributed by atoms with Crippen molar-refractivity contribution >= 4 is 39.5 Å². The van der Waals surface area contributed by atoms with Crippen LogP contribution in [0.15, 0.2) is 97.2 Å². The van der Waals surface area contributed by atoms with Crippen LogP contribution in [0.2, 0.25) is 0 Å². The lowest BCUT2D eigenvalue weighted by atomic mass is 10.0. The number of esters is 4. The summed E-state index contributed by atoms with van der Waals surface area (Å²) >= 11 is 0. The molecule has 0 spiro atoms. The molecule has 0 heterocycles. The molecule has 17 nitrogen and oxygen atoms in total. The van der Waals surface area contributed by atoms with Gasteiger partial charge in [-0.15, -0.1) is 0 Å². The molecule has 0 aliphatic carbocycles. The number of unbranched alkanes of at least 4 members (excludes halogenated alkanes) is 28. The van der Waals surface area contributed by atoms with Gasteiger partial charge >= 0.3 is 39.5 Å². The number of phosphoric ester groups is 2. The molecule has 0 rings (SSSR count). The minimum absolute atomic E-state index is 0.0809. The molecule has 19 heteroatoms. The third kappa shape index (κ3) is 68.5. The predicted molar refractivity (Wildman–Crippen MR) is 390 cm³/mol. The van der Waals surface area contributed by atoms with Crippen molar-refractivity contribution in [3.05, 3.63) is 97.2 Å². The lowest BCUT2D eigenvalue weighted by molar-refractivity contribution is -0.161. The summed E-state index contributed by atoms with van der Waals surface area (Å²) < 4.78 is 68.3. The first-order valence-corrected chi connectivity index (χ1v) is 40.5. The van der Waals surface area contributed by atoms with Crippen LogP contribution in [-0.4, -0.2) is 96.7 Å². The van der Waals surface area contributed by atoms with Crippen molar-refractivity contribution < 1.29 is 80.2 Å². The maximum Gasteiger partial charge on any atom is 0.472 e. The zero-order chi connectivity index (χ0) is 70.4. The third-order valence-corrected chi connectivity index (χ3v) is 17.4. The minimum Gasteiger partial charge on any atom is -0.462 e. The number of hydrogen-bond donors (Lipinski definition) is 3. The summed E-state index contributed by atoms with van der Waals surface area (Å²) in [6.07, 6.45) is 71.3. The number of phosphoric acid groups is 2. The molecule has 0 radical (unpaired) electrons. The van der Waals surface area contributed by atoms with Crippen LogP contribution >= 0.6 is 15.6 Å². The van der Waals surface area contributed by atoms with Gasteiger partial charge in [-0.25, -0.2) is 9.13 Å². The quantitative estimate of drug-likeness (QED) is 0.0169. The number of rotatable bonds is 70. The molecule has 5 atom stereocenters.